The number of hydrogen-bond donors (Lipinski definition) is 3. The minimum Gasteiger partial charge on any atom is -0.343 e. The maximum absolute atomic E-state index is 15.7. The SMILES string of the molecule is CC(C)C[C@H]1C(=O)N[C@@H](C(C)C)C(=O)N(C)CC(=O)N(C)CC(=O)N(C)[C@@H](CC2CCCCC2)C(=O)N(C)CC(=O)N[C@@H](CCc2ccc(C(F)(F)F)c(Cl)c2)C(=O)N2CCC[C@H]2C(=O)NC2(CCCC2)C(=O)N(C)[C@@H](C2CCCCC2)C(=O)N(C)[C@H](C(=O)N2CCCC2)CC(=O)N1C. The first-order valence-corrected chi connectivity index (χ1v) is 36.2. The zero-order valence-electron chi connectivity index (χ0n) is 60.0. The molecule has 3 aliphatic heterocycles. The molecule has 28 heteroatoms. The molecule has 24 nitrogen and oxygen atoms in total. The first kappa shape index (κ1) is 79.3. The van der Waals surface area contributed by atoms with Crippen LogP contribution in [0.15, 0.2) is 18.2 Å². The second kappa shape index (κ2) is 35.0. The summed E-state index contributed by atoms with van der Waals surface area (Å²) in [5.41, 5.74) is -2.33. The van der Waals surface area contributed by atoms with Gasteiger partial charge >= 0.3 is 6.18 Å². The van der Waals surface area contributed by atoms with Gasteiger partial charge in [-0.05, 0) is 118 Å². The van der Waals surface area contributed by atoms with Crippen molar-refractivity contribution >= 4 is 82.5 Å². The van der Waals surface area contributed by atoms with Gasteiger partial charge in [-0.2, -0.15) is 13.2 Å². The first-order chi connectivity index (χ1) is 46.7. The number of alkyl halides is 3. The summed E-state index contributed by atoms with van der Waals surface area (Å²) < 4.78 is 41.6. The molecule has 552 valence electrons. The number of halogens is 4. The van der Waals surface area contributed by atoms with Gasteiger partial charge in [-0.3, -0.25) is 57.5 Å². The van der Waals surface area contributed by atoms with Gasteiger partial charge in [-0.1, -0.05) is 110 Å². The second-order valence-electron chi connectivity index (χ2n) is 29.7. The van der Waals surface area contributed by atoms with Gasteiger partial charge < -0.3 is 60.0 Å². The van der Waals surface area contributed by atoms with E-state index in [2.05, 4.69) is 16.0 Å². The largest absolute Gasteiger partial charge is 0.417 e. The number of benzene rings is 1. The number of likely N-dealkylation sites (N-methyl/N-ethyl adjacent to an activating group) is 7. The van der Waals surface area contributed by atoms with Crippen LogP contribution in [0.3, 0.4) is 0 Å². The van der Waals surface area contributed by atoms with E-state index in [-0.39, 0.29) is 63.3 Å². The molecule has 3 N–H and O–H groups in total. The summed E-state index contributed by atoms with van der Waals surface area (Å²) in [6.07, 6.45) is 5.84. The third kappa shape index (κ3) is 19.9. The topological polar surface area (TPSA) is 270 Å². The molecule has 1 spiro atoms. The van der Waals surface area contributed by atoms with Crippen LogP contribution < -0.4 is 16.0 Å². The minimum atomic E-state index is -4.76. The van der Waals surface area contributed by atoms with Crippen molar-refractivity contribution in [3.05, 3.63) is 34.3 Å². The van der Waals surface area contributed by atoms with Crippen LogP contribution in [0.1, 0.15) is 180 Å². The summed E-state index contributed by atoms with van der Waals surface area (Å²) in [6, 6.07) is -5.52. The van der Waals surface area contributed by atoms with E-state index in [4.69, 9.17) is 11.6 Å². The van der Waals surface area contributed by atoms with Crippen molar-refractivity contribution in [2.24, 2.45) is 23.7 Å². The highest BCUT2D eigenvalue weighted by Crippen LogP contribution is 2.38. The lowest BCUT2D eigenvalue weighted by molar-refractivity contribution is -0.156. The number of hydrogen-bond acceptors (Lipinski definition) is 12. The highest BCUT2D eigenvalue weighted by atomic mass is 35.5. The number of amides is 12. The lowest BCUT2D eigenvalue weighted by Crippen LogP contribution is -2.65. The maximum Gasteiger partial charge on any atom is 0.417 e. The van der Waals surface area contributed by atoms with E-state index in [1.165, 1.54) is 79.9 Å². The summed E-state index contributed by atoms with van der Waals surface area (Å²) >= 11 is 6.16. The molecule has 0 unspecified atom stereocenters. The van der Waals surface area contributed by atoms with Gasteiger partial charge in [-0.25, -0.2) is 0 Å². The third-order valence-electron chi connectivity index (χ3n) is 21.6. The second-order valence-corrected chi connectivity index (χ2v) is 30.1. The predicted octanol–water partition coefficient (Wildman–Crippen LogP) is 5.64. The lowest BCUT2D eigenvalue weighted by Gasteiger charge is -2.43. The summed E-state index contributed by atoms with van der Waals surface area (Å²) in [7, 11) is 9.97. The lowest BCUT2D eigenvalue weighted by atomic mass is 9.81. The molecule has 99 heavy (non-hydrogen) atoms. The average molecular weight is 1410 g/mol. The zero-order chi connectivity index (χ0) is 73.0. The Morgan fingerprint density at radius 1 is 0.606 bits per heavy atom. The molecule has 3 saturated heterocycles. The van der Waals surface area contributed by atoms with Gasteiger partial charge in [-0.15, -0.1) is 0 Å². The van der Waals surface area contributed by atoms with Gasteiger partial charge in [0.25, 0.3) is 0 Å². The Kier molecular flexibility index (Phi) is 28.0. The Labute approximate surface area is 586 Å². The van der Waals surface area contributed by atoms with Crippen LogP contribution in [-0.4, -0.2) is 251 Å². The summed E-state index contributed by atoms with van der Waals surface area (Å²) in [5.74, 6) is -8.79. The highest BCUT2D eigenvalue weighted by Gasteiger charge is 2.51. The first-order valence-electron chi connectivity index (χ1n) is 35.8. The van der Waals surface area contributed by atoms with E-state index in [0.29, 0.717) is 63.6 Å². The van der Waals surface area contributed by atoms with Gasteiger partial charge in [0.2, 0.25) is 70.9 Å². The summed E-state index contributed by atoms with van der Waals surface area (Å²) in [6.45, 7) is 6.26. The van der Waals surface area contributed by atoms with Crippen LogP contribution in [0.2, 0.25) is 5.02 Å². The molecule has 12 amide bonds. The maximum atomic E-state index is 15.7. The van der Waals surface area contributed by atoms with Crippen LogP contribution in [-0.2, 0) is 70.1 Å². The van der Waals surface area contributed by atoms with E-state index < -0.39 is 173 Å². The molecule has 7 atom stereocenters. The monoisotopic (exact) mass is 1410 g/mol. The highest BCUT2D eigenvalue weighted by molar-refractivity contribution is 6.31. The number of nitrogens with zero attached hydrogens (tertiary/aromatic N) is 9. The van der Waals surface area contributed by atoms with Crippen LogP contribution in [0.25, 0.3) is 0 Å². The standard InChI is InChI=1S/C71H108ClF3N12O12/c1-44(2)37-53-62(92)77-60(45(3)4)67(97)81(7)42-58(90)79(5)43-59(91)83(9)54(39-46-23-14-12-15-24-46)65(95)80(6)41-56(88)76-51(31-29-47-28-30-49(50(72)38-47)71(73,74)75)64(94)87-36-22-27-52(87)63(93)78-70(32-18-19-33-70)69(99)85(11)61(48-25-16-13-17-26-48)68(98)84(10)55(40-57(89)82(53)8)66(96)86-34-20-21-35-86/h28,30,38,44-46,48,51-55,60-61H,12-27,29,31-37,39-43H2,1-11H3,(H,76,88)(H,77,92)(H,78,93)/t51-,52-,53-,54-,55-,60-,61-/m0/s1. The molecular formula is C71H108ClF3N12O12. The molecule has 3 heterocycles. The van der Waals surface area contributed by atoms with E-state index in [1.54, 1.807) is 18.7 Å². The van der Waals surface area contributed by atoms with Gasteiger partial charge in [0, 0.05) is 69.0 Å². The van der Waals surface area contributed by atoms with E-state index in [0.717, 1.165) is 78.2 Å². The Bertz CT molecular complexity index is 3090. The quantitative estimate of drug-likeness (QED) is 0.257. The van der Waals surface area contributed by atoms with Crippen LogP contribution in [0.4, 0.5) is 13.2 Å². The fraction of sp³-hybridized carbons (Fsp3) is 0.746. The van der Waals surface area contributed by atoms with Crippen molar-refractivity contribution in [3.8, 4) is 0 Å². The molecule has 7 rings (SSSR count). The van der Waals surface area contributed by atoms with Crippen molar-refractivity contribution in [1.82, 2.24) is 60.0 Å². The molecule has 1 aromatic carbocycles. The molecule has 3 saturated carbocycles. The number of aryl methyl sites for hydroxylation is 1. The van der Waals surface area contributed by atoms with Crippen molar-refractivity contribution in [3.63, 3.8) is 0 Å². The fourth-order valence-corrected chi connectivity index (χ4v) is 15.8. The summed E-state index contributed by atoms with van der Waals surface area (Å²) in [5, 5.41) is 8.13. The Morgan fingerprint density at radius 3 is 1.80 bits per heavy atom. The number of nitrogens with one attached hydrogen (secondary N) is 3. The number of carbonyl (C=O) groups is 12. The molecular weight excluding hydrogens is 1310 g/mol. The van der Waals surface area contributed by atoms with E-state index in [9.17, 15) is 51.5 Å². The molecule has 0 radical (unpaired) electrons. The number of likely N-dealkylation sites (tertiary alicyclic amines) is 1. The number of rotatable bonds is 10. The minimum absolute atomic E-state index is 0.0206. The fourth-order valence-electron chi connectivity index (χ4n) is 15.5. The van der Waals surface area contributed by atoms with Crippen molar-refractivity contribution in [2.75, 3.05) is 88.6 Å². The number of carbonyl (C=O) groups excluding carboxylic acids is 12. The molecule has 3 aliphatic carbocycles. The normalized spacial score (nSPS) is 26.7. The molecule has 0 aromatic heterocycles. The Hall–Kier alpha value is -7.06. The predicted molar refractivity (Wildman–Crippen MR) is 364 cm³/mol. The Morgan fingerprint density at radius 2 is 1.20 bits per heavy atom. The smallest absolute Gasteiger partial charge is 0.343 e. The van der Waals surface area contributed by atoms with E-state index in [1.807, 2.05) is 13.8 Å². The summed E-state index contributed by atoms with van der Waals surface area (Å²) in [4.78, 5) is 190. The molecule has 6 aliphatic rings. The number of fused-ring (bicyclic) bond motifs is 1. The van der Waals surface area contributed by atoms with Crippen molar-refractivity contribution in [2.45, 2.75) is 229 Å². The van der Waals surface area contributed by atoms with Crippen molar-refractivity contribution in [1.29, 1.82) is 0 Å². The van der Waals surface area contributed by atoms with E-state index >= 15 is 19.2 Å². The van der Waals surface area contributed by atoms with Gasteiger partial charge in [0.15, 0.2) is 0 Å². The van der Waals surface area contributed by atoms with Gasteiger partial charge in [0.05, 0.1) is 36.6 Å². The average Bonchev–Trinajstić information content (AvgIpc) is 1.73. The third-order valence-corrected chi connectivity index (χ3v) is 21.9. The van der Waals surface area contributed by atoms with Gasteiger partial charge in [0.1, 0.15) is 47.8 Å². The molecule has 1 aromatic rings. The Balaban J connectivity index is 1.28. The molecule has 6 fully saturated rings. The molecule has 0 bridgehead atoms. The van der Waals surface area contributed by atoms with Crippen LogP contribution >= 0.6 is 11.6 Å². The van der Waals surface area contributed by atoms with Crippen LogP contribution in [0.5, 0.6) is 0 Å². The van der Waals surface area contributed by atoms with Crippen molar-refractivity contribution < 1.29 is 70.7 Å². The zero-order valence-corrected chi connectivity index (χ0v) is 60.8. The van der Waals surface area contributed by atoms with Crippen LogP contribution in [0, 0.1) is 23.7 Å².